The number of ether oxygens (including phenoxy) is 1. The van der Waals surface area contributed by atoms with Crippen LogP contribution < -0.4 is 4.90 Å². The summed E-state index contributed by atoms with van der Waals surface area (Å²) in [5.74, 6) is -0.894. The van der Waals surface area contributed by atoms with Gasteiger partial charge >= 0.3 is 5.97 Å². The molecule has 0 saturated carbocycles. The maximum atomic E-state index is 10.9. The fourth-order valence-electron chi connectivity index (χ4n) is 2.93. The van der Waals surface area contributed by atoms with E-state index in [2.05, 4.69) is 23.1 Å². The number of rotatable bonds is 4. The van der Waals surface area contributed by atoms with Gasteiger partial charge in [-0.15, -0.1) is 0 Å². The summed E-state index contributed by atoms with van der Waals surface area (Å²) in [6.45, 7) is 1.59. The Morgan fingerprint density at radius 3 is 2.64 bits per heavy atom. The van der Waals surface area contributed by atoms with E-state index in [0.29, 0.717) is 5.56 Å². The lowest BCUT2D eigenvalue weighted by atomic mass is 9.99. The first-order valence-electron chi connectivity index (χ1n) is 7.35. The van der Waals surface area contributed by atoms with Crippen LogP contribution in [0.3, 0.4) is 0 Å². The minimum absolute atomic E-state index is 0.188. The molecule has 1 unspecified atom stereocenters. The lowest BCUT2D eigenvalue weighted by Gasteiger charge is -2.35. The first-order valence-corrected chi connectivity index (χ1v) is 7.35. The summed E-state index contributed by atoms with van der Waals surface area (Å²) in [5, 5.41) is 8.97. The van der Waals surface area contributed by atoms with Crippen molar-refractivity contribution in [1.82, 2.24) is 0 Å². The van der Waals surface area contributed by atoms with E-state index in [-0.39, 0.29) is 6.10 Å². The van der Waals surface area contributed by atoms with Crippen LogP contribution >= 0.6 is 0 Å². The Hall–Kier alpha value is -2.33. The Bertz CT molecular complexity index is 666. The molecule has 2 aromatic rings. The fraction of sp³-hybridized carbons (Fsp3) is 0.278. The highest BCUT2D eigenvalue weighted by Crippen LogP contribution is 2.29. The standard InChI is InChI=1S/C18H19NO3/c1-22-16-10-15-4-2-3-5-17(15)19(12-16)11-13-6-8-14(9-7-13)18(20)21/h2-9,16H,10-12H2,1H3,(H,20,21). The second kappa shape index (κ2) is 6.20. The van der Waals surface area contributed by atoms with Crippen molar-refractivity contribution >= 4 is 11.7 Å². The predicted octanol–water partition coefficient (Wildman–Crippen LogP) is 2.96. The number of benzene rings is 2. The van der Waals surface area contributed by atoms with Crippen LogP contribution in [0.25, 0.3) is 0 Å². The van der Waals surface area contributed by atoms with Gasteiger partial charge in [-0.25, -0.2) is 4.79 Å². The molecule has 22 heavy (non-hydrogen) atoms. The molecule has 1 aliphatic heterocycles. The largest absolute Gasteiger partial charge is 0.478 e. The van der Waals surface area contributed by atoms with E-state index in [4.69, 9.17) is 9.84 Å². The van der Waals surface area contributed by atoms with Crippen molar-refractivity contribution in [2.75, 3.05) is 18.6 Å². The molecule has 2 aromatic carbocycles. The van der Waals surface area contributed by atoms with Crippen molar-refractivity contribution in [2.45, 2.75) is 19.1 Å². The zero-order chi connectivity index (χ0) is 15.5. The van der Waals surface area contributed by atoms with Crippen LogP contribution in [0, 0.1) is 0 Å². The molecule has 4 nitrogen and oxygen atoms in total. The molecule has 0 aliphatic carbocycles. The molecule has 0 fully saturated rings. The van der Waals surface area contributed by atoms with Crippen LogP contribution in [0.1, 0.15) is 21.5 Å². The van der Waals surface area contributed by atoms with E-state index < -0.39 is 5.97 Å². The number of para-hydroxylation sites is 1. The van der Waals surface area contributed by atoms with Crippen molar-refractivity contribution in [2.24, 2.45) is 0 Å². The summed E-state index contributed by atoms with van der Waals surface area (Å²) >= 11 is 0. The number of nitrogens with zero attached hydrogens (tertiary/aromatic N) is 1. The maximum absolute atomic E-state index is 10.9. The first kappa shape index (κ1) is 14.6. The quantitative estimate of drug-likeness (QED) is 0.942. The number of methoxy groups -OCH3 is 1. The number of anilines is 1. The van der Waals surface area contributed by atoms with Crippen LogP contribution in [0.5, 0.6) is 0 Å². The Kier molecular flexibility index (Phi) is 4.11. The summed E-state index contributed by atoms with van der Waals surface area (Å²) in [7, 11) is 1.75. The molecular formula is C18H19NO3. The predicted molar refractivity (Wildman–Crippen MR) is 85.4 cm³/mol. The molecule has 1 heterocycles. The number of fused-ring (bicyclic) bond motifs is 1. The van der Waals surface area contributed by atoms with Gasteiger partial charge in [-0.1, -0.05) is 30.3 Å². The van der Waals surface area contributed by atoms with Gasteiger partial charge in [-0.05, 0) is 29.3 Å². The summed E-state index contributed by atoms with van der Waals surface area (Å²) in [5.41, 5.74) is 3.94. The van der Waals surface area contributed by atoms with Gasteiger partial charge in [-0.2, -0.15) is 0 Å². The number of carboxylic acid groups (broad SMARTS) is 1. The average molecular weight is 297 g/mol. The van der Waals surface area contributed by atoms with Crippen LogP contribution in [-0.2, 0) is 17.7 Å². The highest BCUT2D eigenvalue weighted by molar-refractivity contribution is 5.87. The minimum atomic E-state index is -0.894. The number of hydrogen-bond acceptors (Lipinski definition) is 3. The normalized spacial score (nSPS) is 17.1. The molecule has 3 rings (SSSR count). The van der Waals surface area contributed by atoms with Crippen LogP contribution in [-0.4, -0.2) is 30.8 Å². The Balaban J connectivity index is 1.83. The van der Waals surface area contributed by atoms with Crippen molar-refractivity contribution < 1.29 is 14.6 Å². The van der Waals surface area contributed by atoms with Gasteiger partial charge in [0.25, 0.3) is 0 Å². The van der Waals surface area contributed by atoms with E-state index in [9.17, 15) is 4.79 Å². The monoisotopic (exact) mass is 297 g/mol. The molecule has 0 amide bonds. The molecule has 4 heteroatoms. The number of aromatic carboxylic acids is 1. The molecule has 1 aliphatic rings. The molecule has 1 atom stereocenters. The third-order valence-electron chi connectivity index (χ3n) is 4.11. The molecule has 0 spiro atoms. The zero-order valence-electron chi connectivity index (χ0n) is 12.5. The van der Waals surface area contributed by atoms with Crippen LogP contribution in [0.15, 0.2) is 48.5 Å². The minimum Gasteiger partial charge on any atom is -0.478 e. The molecule has 0 radical (unpaired) electrons. The van der Waals surface area contributed by atoms with E-state index in [1.165, 1.54) is 11.3 Å². The van der Waals surface area contributed by atoms with Crippen molar-refractivity contribution in [3.05, 3.63) is 65.2 Å². The van der Waals surface area contributed by atoms with E-state index >= 15 is 0 Å². The lowest BCUT2D eigenvalue weighted by Crippen LogP contribution is -2.39. The van der Waals surface area contributed by atoms with Crippen molar-refractivity contribution in [3.63, 3.8) is 0 Å². The van der Waals surface area contributed by atoms with Crippen LogP contribution in [0.4, 0.5) is 5.69 Å². The molecule has 1 N–H and O–H groups in total. The third-order valence-corrected chi connectivity index (χ3v) is 4.11. The van der Waals surface area contributed by atoms with Gasteiger partial charge in [0.15, 0.2) is 0 Å². The SMILES string of the molecule is COC1Cc2ccccc2N(Cc2ccc(C(=O)O)cc2)C1. The summed E-state index contributed by atoms with van der Waals surface area (Å²) < 4.78 is 5.55. The van der Waals surface area contributed by atoms with Gasteiger partial charge in [0.2, 0.25) is 0 Å². The van der Waals surface area contributed by atoms with E-state index in [1.807, 2.05) is 18.2 Å². The Morgan fingerprint density at radius 1 is 1.23 bits per heavy atom. The Labute approximate surface area is 130 Å². The van der Waals surface area contributed by atoms with E-state index in [1.54, 1.807) is 19.2 Å². The third kappa shape index (κ3) is 2.97. The highest BCUT2D eigenvalue weighted by Gasteiger charge is 2.23. The molecular weight excluding hydrogens is 278 g/mol. The topological polar surface area (TPSA) is 49.8 Å². The molecule has 0 aromatic heterocycles. The molecule has 0 saturated heterocycles. The van der Waals surface area contributed by atoms with E-state index in [0.717, 1.165) is 25.1 Å². The number of carbonyl (C=O) groups is 1. The lowest BCUT2D eigenvalue weighted by molar-refractivity contribution is 0.0697. The summed E-state index contributed by atoms with van der Waals surface area (Å²) in [6, 6.07) is 15.4. The second-order valence-electron chi connectivity index (χ2n) is 5.57. The van der Waals surface area contributed by atoms with Crippen molar-refractivity contribution in [3.8, 4) is 0 Å². The highest BCUT2D eigenvalue weighted by atomic mass is 16.5. The number of carboxylic acids is 1. The summed E-state index contributed by atoms with van der Waals surface area (Å²) in [4.78, 5) is 13.2. The average Bonchev–Trinajstić information content (AvgIpc) is 2.55. The van der Waals surface area contributed by atoms with Gasteiger partial charge in [0.1, 0.15) is 0 Å². The van der Waals surface area contributed by atoms with Crippen molar-refractivity contribution in [1.29, 1.82) is 0 Å². The summed E-state index contributed by atoms with van der Waals surface area (Å²) in [6.07, 6.45) is 1.12. The zero-order valence-corrected chi connectivity index (χ0v) is 12.5. The van der Waals surface area contributed by atoms with Gasteiger partial charge in [-0.3, -0.25) is 0 Å². The fourth-order valence-corrected chi connectivity index (χ4v) is 2.93. The molecule has 114 valence electrons. The van der Waals surface area contributed by atoms with Crippen LogP contribution in [0.2, 0.25) is 0 Å². The molecule has 0 bridgehead atoms. The first-order chi connectivity index (χ1) is 10.7. The second-order valence-corrected chi connectivity index (χ2v) is 5.57. The van der Waals surface area contributed by atoms with Gasteiger partial charge < -0.3 is 14.7 Å². The maximum Gasteiger partial charge on any atom is 0.335 e. The van der Waals surface area contributed by atoms with Gasteiger partial charge in [0.05, 0.1) is 11.7 Å². The smallest absolute Gasteiger partial charge is 0.335 e. The van der Waals surface area contributed by atoms with Gasteiger partial charge in [0, 0.05) is 32.3 Å². The Morgan fingerprint density at radius 2 is 1.95 bits per heavy atom. The number of hydrogen-bond donors (Lipinski definition) is 1.